The van der Waals surface area contributed by atoms with Crippen molar-refractivity contribution in [3.8, 4) is 16.6 Å². The smallest absolute Gasteiger partial charge is 0.263 e. The Morgan fingerprint density at radius 2 is 2.00 bits per heavy atom. The van der Waals surface area contributed by atoms with Crippen molar-refractivity contribution < 1.29 is 9.59 Å². The van der Waals surface area contributed by atoms with Gasteiger partial charge in [-0.3, -0.25) is 9.59 Å². The average molecular weight is 516 g/mol. The van der Waals surface area contributed by atoms with Gasteiger partial charge in [-0.05, 0) is 61.9 Å². The van der Waals surface area contributed by atoms with Gasteiger partial charge in [-0.1, -0.05) is 41.7 Å². The molecule has 1 atom stereocenters. The number of anilines is 2. The van der Waals surface area contributed by atoms with E-state index in [-0.39, 0.29) is 23.8 Å². The Morgan fingerprint density at radius 3 is 2.72 bits per heavy atom. The fourth-order valence-corrected chi connectivity index (χ4v) is 5.59. The molecule has 5 rings (SSSR count). The molecular weight excluding hydrogens is 490 g/mol. The average Bonchev–Trinajstić information content (AvgIpc) is 3.40. The van der Waals surface area contributed by atoms with Gasteiger partial charge in [0.1, 0.15) is 21.5 Å². The molecule has 3 N–H and O–H groups in total. The first-order valence-corrected chi connectivity index (χ1v) is 13.4. The summed E-state index contributed by atoms with van der Waals surface area (Å²) < 4.78 is 0. The number of aryl methyl sites for hydroxylation is 1. The number of carbonyl (C=O) groups excluding carboxylic acids is 2. The molecule has 2 heterocycles. The molecule has 2 amide bonds. The molecule has 9 heteroatoms. The fraction of sp³-hybridized carbons (Fsp3) is 0.259. The fourth-order valence-electron chi connectivity index (χ4n) is 3.82. The van der Waals surface area contributed by atoms with Gasteiger partial charge in [-0.2, -0.15) is 5.26 Å². The Morgan fingerprint density at radius 1 is 1.14 bits per heavy atom. The van der Waals surface area contributed by atoms with Crippen molar-refractivity contribution in [3.05, 3.63) is 75.5 Å². The summed E-state index contributed by atoms with van der Waals surface area (Å²) in [5.74, 6) is -0.0265. The lowest BCUT2D eigenvalue weighted by Gasteiger charge is -2.13. The van der Waals surface area contributed by atoms with Crippen LogP contribution in [0.5, 0.6) is 0 Å². The predicted molar refractivity (Wildman–Crippen MR) is 144 cm³/mol. The molecule has 0 spiro atoms. The molecule has 2 aliphatic rings. The minimum Gasteiger partial charge on any atom is -0.351 e. The number of amides is 2. The molecule has 182 valence electrons. The van der Waals surface area contributed by atoms with E-state index in [9.17, 15) is 14.9 Å². The first-order chi connectivity index (χ1) is 17.5. The Bertz CT molecular complexity index is 1410. The number of benzene rings is 1. The van der Waals surface area contributed by atoms with Crippen molar-refractivity contribution in [2.45, 2.75) is 32.2 Å². The summed E-state index contributed by atoms with van der Waals surface area (Å²) in [6.07, 6.45) is 11.1. The quantitative estimate of drug-likeness (QED) is 0.365. The normalized spacial score (nSPS) is 16.4. The molecule has 2 aromatic heterocycles. The van der Waals surface area contributed by atoms with Crippen LogP contribution < -0.4 is 16.0 Å². The lowest BCUT2D eigenvalue weighted by Crippen LogP contribution is -2.28. The highest BCUT2D eigenvalue weighted by atomic mass is 32.1. The maximum absolute atomic E-state index is 13.2. The Hall–Kier alpha value is -3.74. The molecule has 0 aliphatic heterocycles. The largest absolute Gasteiger partial charge is 0.351 e. The van der Waals surface area contributed by atoms with Gasteiger partial charge >= 0.3 is 0 Å². The van der Waals surface area contributed by atoms with E-state index in [1.165, 1.54) is 22.7 Å². The number of thiazole rings is 1. The van der Waals surface area contributed by atoms with Gasteiger partial charge in [0.05, 0.1) is 4.88 Å². The first-order valence-electron chi connectivity index (χ1n) is 11.8. The maximum Gasteiger partial charge on any atom is 0.263 e. The van der Waals surface area contributed by atoms with E-state index in [1.807, 2.05) is 43.3 Å². The van der Waals surface area contributed by atoms with Crippen molar-refractivity contribution in [3.63, 3.8) is 0 Å². The van der Waals surface area contributed by atoms with Crippen molar-refractivity contribution in [1.29, 1.82) is 5.26 Å². The topological polar surface area (TPSA) is 107 Å². The van der Waals surface area contributed by atoms with Gasteiger partial charge in [0, 0.05) is 23.8 Å². The molecular formula is C27H25N5O2S2. The van der Waals surface area contributed by atoms with E-state index in [1.54, 1.807) is 6.07 Å². The number of nitrogens with zero attached hydrogens (tertiary/aromatic N) is 2. The number of carbonyl (C=O) groups is 2. The van der Waals surface area contributed by atoms with E-state index in [0.29, 0.717) is 32.7 Å². The van der Waals surface area contributed by atoms with Gasteiger partial charge in [0.15, 0.2) is 5.13 Å². The Kier molecular flexibility index (Phi) is 6.98. The Labute approximate surface area is 217 Å². The van der Waals surface area contributed by atoms with Crippen LogP contribution in [0.1, 0.15) is 49.7 Å². The van der Waals surface area contributed by atoms with Crippen LogP contribution in [-0.2, 0) is 0 Å². The third kappa shape index (κ3) is 5.56. The van der Waals surface area contributed by atoms with Crippen LogP contribution >= 0.6 is 22.7 Å². The number of nitrogens with one attached hydrogen (secondary N) is 3. The van der Waals surface area contributed by atoms with Crippen molar-refractivity contribution in [2.24, 2.45) is 5.92 Å². The number of nitriles is 1. The van der Waals surface area contributed by atoms with E-state index < -0.39 is 0 Å². The van der Waals surface area contributed by atoms with Crippen LogP contribution in [0.4, 0.5) is 10.8 Å². The van der Waals surface area contributed by atoms with Crippen LogP contribution in [0.3, 0.4) is 0 Å². The number of rotatable bonds is 8. The van der Waals surface area contributed by atoms with Gasteiger partial charge in [0.2, 0.25) is 0 Å². The molecule has 1 unspecified atom stereocenters. The standard InChI is InChI=1S/C27H25N5O2S2/c1-16-7-8-18(25(33)30-19-9-10-19)13-21(16)31-27-32-23(22-12-11-20(14-28)35-22)24(36-27)26(34)29-15-17-5-3-2-4-6-17/h2-5,7-8,11-13,17,19H,6,9-10,15H2,1H3,(H,29,34)(H,30,33)(H,31,32). The van der Waals surface area contributed by atoms with Crippen LogP contribution in [0.2, 0.25) is 0 Å². The van der Waals surface area contributed by atoms with E-state index in [2.05, 4.69) is 34.2 Å². The van der Waals surface area contributed by atoms with Gasteiger partial charge < -0.3 is 16.0 Å². The lowest BCUT2D eigenvalue weighted by atomic mass is 10.0. The summed E-state index contributed by atoms with van der Waals surface area (Å²) in [6.45, 7) is 2.49. The number of allylic oxidation sites excluding steroid dienone is 3. The summed E-state index contributed by atoms with van der Waals surface area (Å²) in [5.41, 5.74) is 2.84. The van der Waals surface area contributed by atoms with Crippen LogP contribution in [0.25, 0.3) is 10.6 Å². The minimum absolute atomic E-state index is 0.0883. The highest BCUT2D eigenvalue weighted by molar-refractivity contribution is 7.19. The number of hydrogen-bond donors (Lipinski definition) is 3. The zero-order valence-corrected chi connectivity index (χ0v) is 21.3. The highest BCUT2D eigenvalue weighted by Gasteiger charge is 2.25. The third-order valence-corrected chi connectivity index (χ3v) is 8.00. The molecule has 0 bridgehead atoms. The summed E-state index contributed by atoms with van der Waals surface area (Å²) in [7, 11) is 0. The molecule has 1 aromatic carbocycles. The molecule has 1 saturated carbocycles. The zero-order valence-electron chi connectivity index (χ0n) is 19.7. The van der Waals surface area contributed by atoms with Crippen molar-refractivity contribution in [2.75, 3.05) is 11.9 Å². The van der Waals surface area contributed by atoms with Gasteiger partial charge in [0.25, 0.3) is 11.8 Å². The second-order valence-electron chi connectivity index (χ2n) is 8.89. The SMILES string of the molecule is Cc1ccc(C(=O)NC2CC2)cc1Nc1nc(-c2ccc(C#N)s2)c(C(=O)NCC2C=CC=CC2)s1. The highest BCUT2D eigenvalue weighted by Crippen LogP contribution is 2.37. The van der Waals surface area contributed by atoms with Crippen molar-refractivity contribution in [1.82, 2.24) is 15.6 Å². The number of thiophene rings is 1. The monoisotopic (exact) mass is 515 g/mol. The summed E-state index contributed by atoms with van der Waals surface area (Å²) in [4.78, 5) is 32.3. The van der Waals surface area contributed by atoms with E-state index in [4.69, 9.17) is 4.98 Å². The first kappa shape index (κ1) is 24.0. The predicted octanol–water partition coefficient (Wildman–Crippen LogP) is 5.55. The molecule has 1 fully saturated rings. The van der Waals surface area contributed by atoms with Crippen LogP contribution in [-0.4, -0.2) is 29.4 Å². The number of aromatic nitrogens is 1. The third-order valence-electron chi connectivity index (χ3n) is 6.03. The molecule has 2 aliphatic carbocycles. The Balaban J connectivity index is 1.40. The molecule has 0 saturated heterocycles. The minimum atomic E-state index is -0.195. The molecule has 7 nitrogen and oxygen atoms in total. The van der Waals surface area contributed by atoms with Crippen LogP contribution in [0, 0.1) is 24.2 Å². The van der Waals surface area contributed by atoms with Crippen molar-refractivity contribution >= 4 is 45.3 Å². The molecule has 3 aromatic rings. The molecule has 0 radical (unpaired) electrons. The summed E-state index contributed by atoms with van der Waals surface area (Å²) in [6, 6.07) is 11.5. The maximum atomic E-state index is 13.2. The zero-order chi connectivity index (χ0) is 25.1. The lowest BCUT2D eigenvalue weighted by molar-refractivity contribution is 0.0944. The van der Waals surface area contributed by atoms with Gasteiger partial charge in [-0.25, -0.2) is 4.98 Å². The van der Waals surface area contributed by atoms with Gasteiger partial charge in [-0.15, -0.1) is 11.3 Å². The van der Waals surface area contributed by atoms with E-state index in [0.717, 1.165) is 35.4 Å². The number of hydrogen-bond acceptors (Lipinski definition) is 7. The molecule has 36 heavy (non-hydrogen) atoms. The second-order valence-corrected chi connectivity index (χ2v) is 11.0. The second kappa shape index (κ2) is 10.5. The van der Waals surface area contributed by atoms with E-state index >= 15 is 0 Å². The summed E-state index contributed by atoms with van der Waals surface area (Å²) in [5, 5.41) is 19.2. The summed E-state index contributed by atoms with van der Waals surface area (Å²) >= 11 is 2.57. The van der Waals surface area contributed by atoms with Crippen LogP contribution in [0.15, 0.2) is 54.6 Å².